The molecule has 0 aromatic heterocycles. The van der Waals surface area contributed by atoms with Crippen molar-refractivity contribution in [2.45, 2.75) is 38.8 Å². The lowest BCUT2D eigenvalue weighted by atomic mass is 10.1. The van der Waals surface area contributed by atoms with Gasteiger partial charge in [-0.15, -0.1) is 0 Å². The molecule has 3 nitrogen and oxygen atoms in total. The third kappa shape index (κ3) is 3.66. The van der Waals surface area contributed by atoms with Gasteiger partial charge in [0.05, 0.1) is 10.6 Å². The Labute approximate surface area is 130 Å². The molecule has 0 radical (unpaired) electrons. The molecule has 2 rings (SSSR count). The van der Waals surface area contributed by atoms with Gasteiger partial charge in [0.15, 0.2) is 0 Å². The minimum Gasteiger partial charge on any atom is -0.335 e. The summed E-state index contributed by atoms with van der Waals surface area (Å²) in [7, 11) is 0. The van der Waals surface area contributed by atoms with E-state index >= 15 is 0 Å². The van der Waals surface area contributed by atoms with E-state index in [9.17, 15) is 4.79 Å². The summed E-state index contributed by atoms with van der Waals surface area (Å²) >= 11 is 12.1. The highest BCUT2D eigenvalue weighted by Gasteiger charge is 2.25. The molecule has 0 spiro atoms. The third-order valence-electron chi connectivity index (χ3n) is 3.62. The summed E-state index contributed by atoms with van der Waals surface area (Å²) in [6.07, 6.45) is 2.28. The van der Waals surface area contributed by atoms with E-state index in [1.807, 2.05) is 18.7 Å². The summed E-state index contributed by atoms with van der Waals surface area (Å²) in [5, 5.41) is 4.40. The van der Waals surface area contributed by atoms with Crippen LogP contribution in [0.3, 0.4) is 0 Å². The van der Waals surface area contributed by atoms with Crippen LogP contribution in [-0.4, -0.2) is 36.0 Å². The zero-order valence-electron chi connectivity index (χ0n) is 11.8. The van der Waals surface area contributed by atoms with Gasteiger partial charge in [-0.1, -0.05) is 23.2 Å². The van der Waals surface area contributed by atoms with Gasteiger partial charge in [0, 0.05) is 23.7 Å². The van der Waals surface area contributed by atoms with Gasteiger partial charge < -0.3 is 10.2 Å². The molecule has 1 N–H and O–H groups in total. The van der Waals surface area contributed by atoms with Crippen molar-refractivity contribution in [3.8, 4) is 0 Å². The van der Waals surface area contributed by atoms with E-state index in [0.717, 1.165) is 13.0 Å². The molecule has 1 fully saturated rings. The quantitative estimate of drug-likeness (QED) is 0.921. The fourth-order valence-corrected chi connectivity index (χ4v) is 2.86. The molecule has 1 atom stereocenters. The lowest BCUT2D eigenvalue weighted by Crippen LogP contribution is -2.44. The average molecular weight is 315 g/mol. The van der Waals surface area contributed by atoms with Crippen LogP contribution in [0.5, 0.6) is 0 Å². The van der Waals surface area contributed by atoms with E-state index in [0.29, 0.717) is 28.2 Å². The van der Waals surface area contributed by atoms with Crippen LogP contribution >= 0.6 is 23.2 Å². The van der Waals surface area contributed by atoms with Crippen molar-refractivity contribution in [1.82, 2.24) is 10.2 Å². The van der Waals surface area contributed by atoms with Gasteiger partial charge >= 0.3 is 0 Å². The summed E-state index contributed by atoms with van der Waals surface area (Å²) in [6, 6.07) is 5.51. The van der Waals surface area contributed by atoms with Gasteiger partial charge in [0.1, 0.15) is 0 Å². The number of benzene rings is 1. The van der Waals surface area contributed by atoms with Crippen LogP contribution < -0.4 is 5.32 Å². The van der Waals surface area contributed by atoms with Crippen LogP contribution in [0.4, 0.5) is 0 Å². The van der Waals surface area contributed by atoms with Gasteiger partial charge in [0.2, 0.25) is 0 Å². The number of hydrogen-bond acceptors (Lipinski definition) is 2. The first-order valence-corrected chi connectivity index (χ1v) is 7.74. The maximum atomic E-state index is 12.7. The van der Waals surface area contributed by atoms with Crippen molar-refractivity contribution in [2.75, 3.05) is 13.1 Å². The maximum Gasteiger partial charge on any atom is 0.255 e. The second-order valence-corrected chi connectivity index (χ2v) is 6.31. The van der Waals surface area contributed by atoms with Crippen LogP contribution in [-0.2, 0) is 0 Å². The number of nitrogens with zero attached hydrogens (tertiary/aromatic N) is 1. The zero-order chi connectivity index (χ0) is 14.7. The second kappa shape index (κ2) is 6.79. The standard InChI is InChI=1S/C15H20Cl2N2O/c1-10(2)19(9-12-4-3-7-18-12)15(20)13-8-11(16)5-6-14(13)17/h5-6,8,10,12,18H,3-4,7,9H2,1-2H3. The summed E-state index contributed by atoms with van der Waals surface area (Å²) in [5.74, 6) is -0.0544. The minimum absolute atomic E-state index is 0.0544. The molecule has 1 aromatic carbocycles. The Bertz CT molecular complexity index is 485. The zero-order valence-corrected chi connectivity index (χ0v) is 13.3. The fraction of sp³-hybridized carbons (Fsp3) is 0.533. The first-order valence-electron chi connectivity index (χ1n) is 6.98. The maximum absolute atomic E-state index is 12.7. The number of amides is 1. The molecule has 1 amide bonds. The first kappa shape index (κ1) is 15.6. The molecule has 110 valence electrons. The molecule has 1 aromatic rings. The molecule has 0 saturated carbocycles. The van der Waals surface area contributed by atoms with Gasteiger partial charge in [-0.05, 0) is 51.4 Å². The summed E-state index contributed by atoms with van der Waals surface area (Å²) in [6.45, 7) is 5.78. The van der Waals surface area contributed by atoms with Crippen molar-refractivity contribution >= 4 is 29.1 Å². The molecule has 1 saturated heterocycles. The Kier molecular flexibility index (Phi) is 5.30. The Balaban J connectivity index is 2.19. The smallest absolute Gasteiger partial charge is 0.255 e. The van der Waals surface area contributed by atoms with Crippen molar-refractivity contribution in [3.05, 3.63) is 33.8 Å². The number of halogens is 2. The number of hydrogen-bond donors (Lipinski definition) is 1. The van der Waals surface area contributed by atoms with Gasteiger partial charge in [0.25, 0.3) is 5.91 Å². The normalized spacial score (nSPS) is 18.6. The molecule has 20 heavy (non-hydrogen) atoms. The van der Waals surface area contributed by atoms with Crippen LogP contribution in [0.2, 0.25) is 10.0 Å². The molecule has 0 bridgehead atoms. The van der Waals surface area contributed by atoms with E-state index in [1.165, 1.54) is 6.42 Å². The van der Waals surface area contributed by atoms with Gasteiger partial charge in [-0.3, -0.25) is 4.79 Å². The molecule has 1 heterocycles. The van der Waals surface area contributed by atoms with Crippen molar-refractivity contribution in [3.63, 3.8) is 0 Å². The Morgan fingerprint density at radius 2 is 2.20 bits per heavy atom. The van der Waals surface area contributed by atoms with Crippen LogP contribution in [0.1, 0.15) is 37.0 Å². The topological polar surface area (TPSA) is 32.3 Å². The highest BCUT2D eigenvalue weighted by atomic mass is 35.5. The van der Waals surface area contributed by atoms with Crippen molar-refractivity contribution < 1.29 is 4.79 Å². The number of carbonyl (C=O) groups is 1. The van der Waals surface area contributed by atoms with E-state index in [2.05, 4.69) is 5.32 Å². The second-order valence-electron chi connectivity index (χ2n) is 5.47. The highest BCUT2D eigenvalue weighted by molar-refractivity contribution is 6.35. The van der Waals surface area contributed by atoms with E-state index in [1.54, 1.807) is 18.2 Å². The molecule has 1 unspecified atom stereocenters. The lowest BCUT2D eigenvalue weighted by Gasteiger charge is -2.30. The number of nitrogens with one attached hydrogen (secondary N) is 1. The van der Waals surface area contributed by atoms with Gasteiger partial charge in [-0.2, -0.15) is 0 Å². The summed E-state index contributed by atoms with van der Waals surface area (Å²) in [4.78, 5) is 14.6. The van der Waals surface area contributed by atoms with Crippen molar-refractivity contribution in [2.24, 2.45) is 0 Å². The summed E-state index contributed by atoms with van der Waals surface area (Å²) < 4.78 is 0. The van der Waals surface area contributed by atoms with Crippen LogP contribution in [0.15, 0.2) is 18.2 Å². The average Bonchev–Trinajstić information content (AvgIpc) is 2.90. The number of rotatable bonds is 4. The molecule has 1 aliphatic rings. The van der Waals surface area contributed by atoms with Crippen LogP contribution in [0, 0.1) is 0 Å². The molecule has 5 heteroatoms. The lowest BCUT2D eigenvalue weighted by molar-refractivity contribution is 0.0689. The van der Waals surface area contributed by atoms with Crippen molar-refractivity contribution in [1.29, 1.82) is 0 Å². The SMILES string of the molecule is CC(C)N(CC1CCCN1)C(=O)c1cc(Cl)ccc1Cl. The molecular formula is C15H20Cl2N2O. The van der Waals surface area contributed by atoms with Gasteiger partial charge in [-0.25, -0.2) is 0 Å². The third-order valence-corrected chi connectivity index (χ3v) is 4.19. The first-order chi connectivity index (χ1) is 9.49. The number of carbonyl (C=O) groups excluding carboxylic acids is 1. The van der Waals surface area contributed by atoms with E-state index in [4.69, 9.17) is 23.2 Å². The molecule has 1 aliphatic heterocycles. The van der Waals surface area contributed by atoms with E-state index in [-0.39, 0.29) is 11.9 Å². The minimum atomic E-state index is -0.0544. The Hall–Kier alpha value is -0.770. The highest BCUT2D eigenvalue weighted by Crippen LogP contribution is 2.23. The fourth-order valence-electron chi connectivity index (χ4n) is 2.49. The largest absolute Gasteiger partial charge is 0.335 e. The predicted octanol–water partition coefficient (Wildman–Crippen LogP) is 3.60. The van der Waals surface area contributed by atoms with E-state index < -0.39 is 0 Å². The predicted molar refractivity (Wildman–Crippen MR) is 83.7 cm³/mol. The molecular weight excluding hydrogens is 295 g/mol. The Morgan fingerprint density at radius 1 is 1.45 bits per heavy atom. The Morgan fingerprint density at radius 3 is 2.80 bits per heavy atom. The van der Waals surface area contributed by atoms with Crippen LogP contribution in [0.25, 0.3) is 0 Å². The monoisotopic (exact) mass is 314 g/mol. The molecule has 0 aliphatic carbocycles. The summed E-state index contributed by atoms with van der Waals surface area (Å²) in [5.41, 5.74) is 0.478.